The van der Waals surface area contributed by atoms with E-state index in [0.717, 1.165) is 11.1 Å². The zero-order valence-corrected chi connectivity index (χ0v) is 32.1. The van der Waals surface area contributed by atoms with Crippen molar-refractivity contribution in [2.45, 2.75) is 98.8 Å². The molecule has 2 aromatic rings. The molecule has 0 saturated heterocycles. The summed E-state index contributed by atoms with van der Waals surface area (Å²) < 4.78 is 12.1. The predicted molar refractivity (Wildman–Crippen MR) is 203 cm³/mol. The molecule has 13 heteroatoms. The molecule has 1 heterocycles. The second-order valence-electron chi connectivity index (χ2n) is 16.0. The maximum Gasteiger partial charge on any atom is 0.229 e. The molecule has 0 unspecified atom stereocenters. The van der Waals surface area contributed by atoms with Crippen LogP contribution in [-0.2, 0) is 35.2 Å². The first-order chi connectivity index (χ1) is 24.1. The fraction of sp³-hybridized carbons (Fsp3) is 0.538. The van der Waals surface area contributed by atoms with Gasteiger partial charge in [0.1, 0.15) is 0 Å². The summed E-state index contributed by atoms with van der Waals surface area (Å²) >= 11 is 0. The van der Waals surface area contributed by atoms with Crippen molar-refractivity contribution in [2.24, 2.45) is 33.9 Å². The Balaban J connectivity index is 1.79. The third-order valence-corrected chi connectivity index (χ3v) is 9.50. The van der Waals surface area contributed by atoms with Gasteiger partial charge >= 0.3 is 0 Å². The molecule has 13 nitrogen and oxygen atoms in total. The highest BCUT2D eigenvalue weighted by atomic mass is 16.5. The van der Waals surface area contributed by atoms with Gasteiger partial charge < -0.3 is 41.9 Å². The molecule has 9 N–H and O–H groups in total. The number of ether oxygens (including phenoxy) is 2. The van der Waals surface area contributed by atoms with Crippen molar-refractivity contribution in [3.8, 4) is 0 Å². The molecule has 3 rings (SSSR count). The van der Waals surface area contributed by atoms with Crippen LogP contribution < -0.4 is 33.3 Å². The van der Waals surface area contributed by atoms with Gasteiger partial charge in [-0.15, -0.1) is 0 Å². The fourth-order valence-corrected chi connectivity index (χ4v) is 5.78. The SMILES string of the molecule is CC(C)(CC(=O)NCCC(=O)N1Cc2ccccc2/C(N)=C(/N(N)CC(C)(C)OCCC(C)(C)C(N)=O)c2ccccc21)OCCC(C)(C)C(N)=O. The van der Waals surface area contributed by atoms with Crippen LogP contribution in [0, 0.1) is 10.8 Å². The summed E-state index contributed by atoms with van der Waals surface area (Å²) in [5.41, 5.74) is 18.8. The number of primary amides is 2. The second-order valence-corrected chi connectivity index (χ2v) is 16.0. The molecule has 286 valence electrons. The quantitative estimate of drug-likeness (QED) is 0.112. The third-order valence-electron chi connectivity index (χ3n) is 9.50. The van der Waals surface area contributed by atoms with E-state index in [1.165, 1.54) is 0 Å². The van der Waals surface area contributed by atoms with E-state index in [0.29, 0.717) is 42.1 Å². The van der Waals surface area contributed by atoms with Gasteiger partial charge in [-0.1, -0.05) is 70.2 Å². The second kappa shape index (κ2) is 16.9. The van der Waals surface area contributed by atoms with Gasteiger partial charge in [0.05, 0.1) is 47.8 Å². The monoisotopic (exact) mass is 721 g/mol. The number of nitrogens with two attached hydrogens (primary N) is 4. The highest BCUT2D eigenvalue weighted by molar-refractivity contribution is 6.01. The lowest BCUT2D eigenvalue weighted by atomic mass is 9.89. The van der Waals surface area contributed by atoms with Gasteiger partial charge in [-0.3, -0.25) is 19.2 Å². The minimum atomic E-state index is -0.788. The van der Waals surface area contributed by atoms with E-state index in [-0.39, 0.29) is 50.9 Å². The Morgan fingerprint density at radius 3 is 1.88 bits per heavy atom. The smallest absolute Gasteiger partial charge is 0.229 e. The van der Waals surface area contributed by atoms with Crippen LogP contribution in [0.25, 0.3) is 11.4 Å². The number of benzene rings is 2. The molecule has 4 amide bonds. The number of carbonyl (C=O) groups excluding carboxylic acids is 4. The van der Waals surface area contributed by atoms with Gasteiger partial charge in [0, 0.05) is 48.1 Å². The minimum absolute atomic E-state index is 0.0414. The van der Waals surface area contributed by atoms with Crippen LogP contribution in [0.4, 0.5) is 5.69 Å². The lowest BCUT2D eigenvalue weighted by Crippen LogP contribution is -2.45. The van der Waals surface area contributed by atoms with Gasteiger partial charge in [0.15, 0.2) is 0 Å². The van der Waals surface area contributed by atoms with Crippen molar-refractivity contribution < 1.29 is 28.7 Å². The van der Waals surface area contributed by atoms with Crippen LogP contribution in [0.5, 0.6) is 0 Å². The Labute approximate surface area is 308 Å². The van der Waals surface area contributed by atoms with Crippen LogP contribution in [0.2, 0.25) is 0 Å². The Kier molecular flexibility index (Phi) is 13.6. The summed E-state index contributed by atoms with van der Waals surface area (Å²) in [6.07, 6.45) is 0.979. The first-order valence-corrected chi connectivity index (χ1v) is 17.7. The number of amides is 4. The number of hydrogen-bond donors (Lipinski definition) is 5. The third kappa shape index (κ3) is 11.3. The molecule has 0 aliphatic carbocycles. The van der Waals surface area contributed by atoms with E-state index in [2.05, 4.69) is 5.32 Å². The zero-order valence-electron chi connectivity index (χ0n) is 32.1. The Bertz CT molecular complexity index is 1650. The zero-order chi connectivity index (χ0) is 39.1. The van der Waals surface area contributed by atoms with E-state index in [1.807, 2.05) is 62.4 Å². The summed E-state index contributed by atoms with van der Waals surface area (Å²) in [5, 5.41) is 4.41. The number of carbonyl (C=O) groups is 4. The maximum absolute atomic E-state index is 14.0. The summed E-state index contributed by atoms with van der Waals surface area (Å²) in [7, 11) is 0. The average Bonchev–Trinajstić information content (AvgIpc) is 3.02. The van der Waals surface area contributed by atoms with E-state index >= 15 is 0 Å². The van der Waals surface area contributed by atoms with Crippen molar-refractivity contribution >= 4 is 40.7 Å². The fourth-order valence-electron chi connectivity index (χ4n) is 5.78. The summed E-state index contributed by atoms with van der Waals surface area (Å²) in [6, 6.07) is 15.1. The van der Waals surface area contributed by atoms with Crippen molar-refractivity contribution in [3.05, 3.63) is 65.2 Å². The highest BCUT2D eigenvalue weighted by Crippen LogP contribution is 2.38. The number of nitrogens with one attached hydrogen (secondary N) is 1. The molecule has 0 bridgehead atoms. The topological polar surface area (TPSA) is 209 Å². The minimum Gasteiger partial charge on any atom is -0.396 e. The number of fused-ring (bicyclic) bond motifs is 2. The maximum atomic E-state index is 14.0. The van der Waals surface area contributed by atoms with Gasteiger partial charge in [-0.25, -0.2) is 5.84 Å². The molecule has 0 atom stereocenters. The molecular formula is C39H59N7O6. The molecule has 0 fully saturated rings. The predicted octanol–water partition coefficient (Wildman–Crippen LogP) is 3.78. The highest BCUT2D eigenvalue weighted by Gasteiger charge is 2.32. The Morgan fingerprint density at radius 2 is 1.31 bits per heavy atom. The summed E-state index contributed by atoms with van der Waals surface area (Å²) in [5.74, 6) is 5.57. The molecule has 1 aliphatic heterocycles. The average molecular weight is 722 g/mol. The summed E-state index contributed by atoms with van der Waals surface area (Å²) in [4.78, 5) is 52.0. The molecule has 1 aliphatic rings. The van der Waals surface area contributed by atoms with Crippen molar-refractivity contribution in [3.63, 3.8) is 0 Å². The molecule has 0 radical (unpaired) electrons. The number of hydrazine groups is 1. The standard InChI is InChI=1S/C39H59N7O6/c1-36(2,34(41)49)18-21-51-38(5,6)23-30(47)44-20-17-31(48)45-24-26-13-9-10-14-27(26)32(40)33(28-15-11-12-16-29(28)45)46(43)25-39(7,8)52-22-19-37(3,4)35(42)50/h9-16H,17-25,40,43H2,1-8H3,(H2,41,49)(H2,42,50)(H,44,47)/b33-32-. The van der Waals surface area contributed by atoms with E-state index in [1.54, 1.807) is 51.5 Å². The molecule has 0 spiro atoms. The van der Waals surface area contributed by atoms with Crippen LogP contribution in [0.3, 0.4) is 0 Å². The lowest BCUT2D eigenvalue weighted by Gasteiger charge is -2.37. The number of anilines is 1. The van der Waals surface area contributed by atoms with E-state index < -0.39 is 33.8 Å². The normalized spacial score (nSPS) is 15.2. The number of hydrogen-bond acceptors (Lipinski definition) is 9. The van der Waals surface area contributed by atoms with Crippen LogP contribution in [0.15, 0.2) is 48.5 Å². The van der Waals surface area contributed by atoms with Gasteiger partial charge in [-0.05, 0) is 52.2 Å². The molecule has 2 aromatic carbocycles. The Hall–Kier alpha value is -4.46. The van der Waals surface area contributed by atoms with Crippen LogP contribution >= 0.6 is 0 Å². The van der Waals surface area contributed by atoms with Crippen molar-refractivity contribution in [2.75, 3.05) is 31.2 Å². The number of nitrogens with zero attached hydrogens (tertiary/aromatic N) is 2. The first kappa shape index (κ1) is 42.0. The number of rotatable bonds is 18. The van der Waals surface area contributed by atoms with E-state index in [9.17, 15) is 19.2 Å². The van der Waals surface area contributed by atoms with Crippen molar-refractivity contribution in [1.29, 1.82) is 0 Å². The first-order valence-electron chi connectivity index (χ1n) is 17.7. The molecule has 0 aromatic heterocycles. The largest absolute Gasteiger partial charge is 0.396 e. The molecule has 52 heavy (non-hydrogen) atoms. The summed E-state index contributed by atoms with van der Waals surface area (Å²) in [6.45, 7) is 15.7. The van der Waals surface area contributed by atoms with Gasteiger partial charge in [-0.2, -0.15) is 0 Å². The Morgan fingerprint density at radius 1 is 0.788 bits per heavy atom. The molecular weight excluding hydrogens is 662 g/mol. The van der Waals surface area contributed by atoms with Crippen LogP contribution in [0.1, 0.15) is 97.8 Å². The van der Waals surface area contributed by atoms with E-state index in [4.69, 9.17) is 32.5 Å². The molecule has 0 saturated carbocycles. The van der Waals surface area contributed by atoms with Gasteiger partial charge in [0.2, 0.25) is 23.6 Å². The van der Waals surface area contributed by atoms with Gasteiger partial charge in [0.25, 0.3) is 0 Å². The van der Waals surface area contributed by atoms with Crippen LogP contribution in [-0.4, -0.2) is 66.1 Å². The van der Waals surface area contributed by atoms with Crippen molar-refractivity contribution in [1.82, 2.24) is 10.3 Å². The lowest BCUT2D eigenvalue weighted by molar-refractivity contribution is -0.131. The number of para-hydroxylation sites is 1.